The molecule has 0 saturated carbocycles. The van der Waals surface area contributed by atoms with E-state index in [0.717, 1.165) is 31.1 Å². The summed E-state index contributed by atoms with van der Waals surface area (Å²) in [6, 6.07) is 5.55. The minimum absolute atomic E-state index is 0.372. The van der Waals surface area contributed by atoms with Gasteiger partial charge >= 0.3 is 0 Å². The van der Waals surface area contributed by atoms with Gasteiger partial charge in [0, 0.05) is 5.56 Å². The Morgan fingerprint density at radius 1 is 1.46 bits per heavy atom. The van der Waals surface area contributed by atoms with Crippen LogP contribution < -0.4 is 0 Å². The van der Waals surface area contributed by atoms with Gasteiger partial charge in [0.25, 0.3) is 0 Å². The molecule has 1 aromatic carbocycles. The fourth-order valence-corrected chi connectivity index (χ4v) is 1.87. The van der Waals surface area contributed by atoms with Crippen LogP contribution in [0.2, 0.25) is 0 Å². The zero-order chi connectivity index (χ0) is 9.26. The summed E-state index contributed by atoms with van der Waals surface area (Å²) < 4.78 is 0. The number of hydrogen-bond donors (Lipinski definition) is 1. The maximum Gasteiger partial charge on any atom is 0.150 e. The number of aliphatic hydroxyl groups is 1. The van der Waals surface area contributed by atoms with Crippen molar-refractivity contribution < 1.29 is 9.90 Å². The smallest absolute Gasteiger partial charge is 0.150 e. The SMILES string of the molecule is O=Cc1ccc2c(c1)[C@H](O)CCC2. The van der Waals surface area contributed by atoms with E-state index in [1.807, 2.05) is 12.1 Å². The van der Waals surface area contributed by atoms with Gasteiger partial charge in [0.1, 0.15) is 6.29 Å². The van der Waals surface area contributed by atoms with Gasteiger partial charge in [0.2, 0.25) is 0 Å². The molecular weight excluding hydrogens is 164 g/mol. The lowest BCUT2D eigenvalue weighted by Gasteiger charge is -2.21. The molecule has 1 aliphatic rings. The van der Waals surface area contributed by atoms with Crippen molar-refractivity contribution in [3.8, 4) is 0 Å². The molecule has 2 rings (SSSR count). The lowest BCUT2D eigenvalue weighted by molar-refractivity contribution is 0.112. The number of fused-ring (bicyclic) bond motifs is 1. The van der Waals surface area contributed by atoms with E-state index in [1.165, 1.54) is 5.56 Å². The fraction of sp³-hybridized carbons (Fsp3) is 0.364. The third-order valence-corrected chi connectivity index (χ3v) is 2.59. The predicted octanol–water partition coefficient (Wildman–Crippen LogP) is 1.87. The lowest BCUT2D eigenvalue weighted by atomic mass is 9.88. The van der Waals surface area contributed by atoms with Crippen LogP contribution in [0.3, 0.4) is 0 Å². The molecule has 2 nitrogen and oxygen atoms in total. The van der Waals surface area contributed by atoms with Crippen molar-refractivity contribution in [2.24, 2.45) is 0 Å². The molecule has 1 N–H and O–H groups in total. The van der Waals surface area contributed by atoms with E-state index in [-0.39, 0.29) is 6.10 Å². The zero-order valence-electron chi connectivity index (χ0n) is 7.36. The molecule has 0 fully saturated rings. The van der Waals surface area contributed by atoms with E-state index >= 15 is 0 Å². The minimum atomic E-state index is -0.372. The maximum atomic E-state index is 10.5. The van der Waals surface area contributed by atoms with Crippen LogP contribution in [0.1, 0.15) is 40.4 Å². The second-order valence-corrected chi connectivity index (χ2v) is 3.48. The van der Waals surface area contributed by atoms with E-state index in [0.29, 0.717) is 5.56 Å². The lowest BCUT2D eigenvalue weighted by Crippen LogP contribution is -2.09. The number of benzene rings is 1. The van der Waals surface area contributed by atoms with Gasteiger partial charge < -0.3 is 5.11 Å². The van der Waals surface area contributed by atoms with Crippen molar-refractivity contribution in [3.05, 3.63) is 34.9 Å². The normalized spacial score (nSPS) is 20.8. The summed E-state index contributed by atoms with van der Waals surface area (Å²) in [5, 5.41) is 9.67. The summed E-state index contributed by atoms with van der Waals surface area (Å²) in [4.78, 5) is 10.5. The number of hydrogen-bond acceptors (Lipinski definition) is 2. The van der Waals surface area contributed by atoms with Gasteiger partial charge in [0.05, 0.1) is 6.10 Å². The molecule has 0 saturated heterocycles. The minimum Gasteiger partial charge on any atom is -0.388 e. The average Bonchev–Trinajstić information content (AvgIpc) is 2.18. The van der Waals surface area contributed by atoms with Crippen LogP contribution in [0.4, 0.5) is 0 Å². The van der Waals surface area contributed by atoms with Crippen LogP contribution in [0.5, 0.6) is 0 Å². The molecule has 0 aromatic heterocycles. The van der Waals surface area contributed by atoms with Gasteiger partial charge in [-0.1, -0.05) is 12.1 Å². The van der Waals surface area contributed by atoms with Crippen LogP contribution in [-0.2, 0) is 6.42 Å². The summed E-state index contributed by atoms with van der Waals surface area (Å²) in [6.07, 6.45) is 3.32. The molecule has 0 unspecified atom stereocenters. The quantitative estimate of drug-likeness (QED) is 0.663. The van der Waals surface area contributed by atoms with Gasteiger partial charge in [0.15, 0.2) is 0 Å². The molecule has 1 aliphatic carbocycles. The summed E-state index contributed by atoms with van der Waals surface area (Å²) >= 11 is 0. The average molecular weight is 176 g/mol. The Morgan fingerprint density at radius 2 is 2.31 bits per heavy atom. The van der Waals surface area contributed by atoms with Gasteiger partial charge in [-0.2, -0.15) is 0 Å². The predicted molar refractivity (Wildman–Crippen MR) is 49.7 cm³/mol. The Labute approximate surface area is 77.2 Å². The third kappa shape index (κ3) is 1.49. The van der Waals surface area contributed by atoms with E-state index in [2.05, 4.69) is 0 Å². The molecule has 68 valence electrons. The van der Waals surface area contributed by atoms with Crippen LogP contribution in [0.15, 0.2) is 18.2 Å². The first-order valence-electron chi connectivity index (χ1n) is 4.57. The standard InChI is InChI=1S/C11H12O2/c12-7-8-4-5-9-2-1-3-11(13)10(9)6-8/h4-7,11,13H,1-3H2/t11-/m1/s1. The number of carbonyl (C=O) groups is 1. The molecule has 1 aromatic rings. The molecule has 13 heavy (non-hydrogen) atoms. The third-order valence-electron chi connectivity index (χ3n) is 2.59. The van der Waals surface area contributed by atoms with Crippen LogP contribution in [0.25, 0.3) is 0 Å². The summed E-state index contributed by atoms with van der Waals surface area (Å²) in [6.45, 7) is 0. The van der Waals surface area contributed by atoms with Crippen molar-refractivity contribution in [3.63, 3.8) is 0 Å². The highest BCUT2D eigenvalue weighted by molar-refractivity contribution is 5.75. The Morgan fingerprint density at radius 3 is 3.08 bits per heavy atom. The highest BCUT2D eigenvalue weighted by Gasteiger charge is 2.17. The van der Waals surface area contributed by atoms with E-state index in [1.54, 1.807) is 6.07 Å². The summed E-state index contributed by atoms with van der Waals surface area (Å²) in [5.41, 5.74) is 2.78. The number of aryl methyl sites for hydroxylation is 1. The van der Waals surface area contributed by atoms with Crippen molar-refractivity contribution in [2.75, 3.05) is 0 Å². The molecule has 1 atom stereocenters. The number of aldehydes is 1. The first-order chi connectivity index (χ1) is 6.31. The summed E-state index contributed by atoms with van der Waals surface area (Å²) in [5.74, 6) is 0. The van der Waals surface area contributed by atoms with Crippen molar-refractivity contribution in [2.45, 2.75) is 25.4 Å². The highest BCUT2D eigenvalue weighted by Crippen LogP contribution is 2.29. The van der Waals surface area contributed by atoms with E-state index in [4.69, 9.17) is 0 Å². The van der Waals surface area contributed by atoms with Gasteiger partial charge in [-0.25, -0.2) is 0 Å². The van der Waals surface area contributed by atoms with Crippen LogP contribution in [0, 0.1) is 0 Å². The second kappa shape index (κ2) is 3.30. The van der Waals surface area contributed by atoms with Crippen molar-refractivity contribution in [1.29, 1.82) is 0 Å². The maximum absolute atomic E-state index is 10.5. The van der Waals surface area contributed by atoms with E-state index in [9.17, 15) is 9.90 Å². The summed E-state index contributed by atoms with van der Waals surface area (Å²) in [7, 11) is 0. The highest BCUT2D eigenvalue weighted by atomic mass is 16.3. The molecule has 0 spiro atoms. The number of carbonyl (C=O) groups excluding carboxylic acids is 1. The van der Waals surface area contributed by atoms with Gasteiger partial charge in [-0.3, -0.25) is 4.79 Å². The van der Waals surface area contributed by atoms with Crippen molar-refractivity contribution in [1.82, 2.24) is 0 Å². The monoisotopic (exact) mass is 176 g/mol. The van der Waals surface area contributed by atoms with Crippen LogP contribution in [-0.4, -0.2) is 11.4 Å². The largest absolute Gasteiger partial charge is 0.388 e. The second-order valence-electron chi connectivity index (χ2n) is 3.48. The molecule has 2 heteroatoms. The fourth-order valence-electron chi connectivity index (χ4n) is 1.87. The Kier molecular flexibility index (Phi) is 2.15. The molecule has 0 aliphatic heterocycles. The Balaban J connectivity index is 2.46. The Bertz CT molecular complexity index is 331. The zero-order valence-corrected chi connectivity index (χ0v) is 7.36. The van der Waals surface area contributed by atoms with E-state index < -0.39 is 0 Å². The molecular formula is C11H12O2. The van der Waals surface area contributed by atoms with Crippen LogP contribution >= 0.6 is 0 Å². The topological polar surface area (TPSA) is 37.3 Å². The number of aliphatic hydroxyl groups excluding tert-OH is 1. The molecule has 0 heterocycles. The Hall–Kier alpha value is -1.15. The number of rotatable bonds is 1. The molecule has 0 bridgehead atoms. The van der Waals surface area contributed by atoms with Gasteiger partial charge in [-0.05, 0) is 36.5 Å². The molecule has 0 radical (unpaired) electrons. The first kappa shape index (κ1) is 8.45. The molecule has 0 amide bonds. The van der Waals surface area contributed by atoms with Gasteiger partial charge in [-0.15, -0.1) is 0 Å². The first-order valence-corrected chi connectivity index (χ1v) is 4.57. The van der Waals surface area contributed by atoms with Crippen molar-refractivity contribution >= 4 is 6.29 Å².